The summed E-state index contributed by atoms with van der Waals surface area (Å²) in [4.78, 5) is 16.3. The maximum atomic E-state index is 12.2. The summed E-state index contributed by atoms with van der Waals surface area (Å²) in [5.74, 6) is 0. The standard InChI is InChI=1S/C20H25N3O2/c1-16(21)18-8-5-9-19(14-18)22-10-12-23(13-11-22)20(24)25-15-17-6-3-2-4-7-17/h2-9,14,16H,10-13,15,21H2,1H3/t16-/m1/s1. The SMILES string of the molecule is C[C@@H](N)c1cccc(N2CCN(C(=O)OCc3ccccc3)CC2)c1. The van der Waals surface area contributed by atoms with Crippen molar-refractivity contribution in [3.8, 4) is 0 Å². The fraction of sp³-hybridized carbons (Fsp3) is 0.350. The number of carbonyl (C=O) groups is 1. The zero-order valence-electron chi connectivity index (χ0n) is 14.6. The van der Waals surface area contributed by atoms with E-state index in [2.05, 4.69) is 17.0 Å². The van der Waals surface area contributed by atoms with Crippen LogP contribution in [0, 0.1) is 0 Å². The Balaban J connectivity index is 1.51. The molecule has 0 aliphatic carbocycles. The van der Waals surface area contributed by atoms with Gasteiger partial charge in [-0.25, -0.2) is 4.79 Å². The van der Waals surface area contributed by atoms with Gasteiger partial charge in [-0.15, -0.1) is 0 Å². The molecular formula is C20H25N3O2. The number of anilines is 1. The van der Waals surface area contributed by atoms with Crippen LogP contribution in [0.15, 0.2) is 54.6 Å². The fourth-order valence-electron chi connectivity index (χ4n) is 2.96. The predicted octanol–water partition coefficient (Wildman–Crippen LogP) is 3.17. The van der Waals surface area contributed by atoms with Crippen molar-refractivity contribution in [1.29, 1.82) is 0 Å². The number of carbonyl (C=O) groups excluding carboxylic acids is 1. The Kier molecular flexibility index (Phi) is 5.56. The first-order valence-corrected chi connectivity index (χ1v) is 8.69. The number of ether oxygens (including phenoxy) is 1. The maximum Gasteiger partial charge on any atom is 0.410 e. The van der Waals surface area contributed by atoms with Crippen molar-refractivity contribution in [2.45, 2.75) is 19.6 Å². The second-order valence-electron chi connectivity index (χ2n) is 6.40. The Bertz CT molecular complexity index is 695. The van der Waals surface area contributed by atoms with Crippen molar-refractivity contribution >= 4 is 11.8 Å². The average Bonchev–Trinajstić information content (AvgIpc) is 2.67. The van der Waals surface area contributed by atoms with Crippen molar-refractivity contribution in [2.24, 2.45) is 5.73 Å². The summed E-state index contributed by atoms with van der Waals surface area (Å²) in [6.45, 7) is 5.22. The van der Waals surface area contributed by atoms with Gasteiger partial charge in [0, 0.05) is 37.9 Å². The molecule has 0 saturated carbocycles. The zero-order chi connectivity index (χ0) is 17.6. The normalized spacial score (nSPS) is 15.8. The van der Waals surface area contributed by atoms with Gasteiger partial charge in [-0.1, -0.05) is 42.5 Å². The Morgan fingerprint density at radius 3 is 2.48 bits per heavy atom. The smallest absolute Gasteiger partial charge is 0.410 e. The van der Waals surface area contributed by atoms with E-state index < -0.39 is 0 Å². The molecule has 25 heavy (non-hydrogen) atoms. The van der Waals surface area contributed by atoms with Crippen LogP contribution >= 0.6 is 0 Å². The van der Waals surface area contributed by atoms with Crippen LogP contribution in [0.3, 0.4) is 0 Å². The van der Waals surface area contributed by atoms with E-state index in [0.29, 0.717) is 19.7 Å². The quantitative estimate of drug-likeness (QED) is 0.929. The van der Waals surface area contributed by atoms with E-state index in [-0.39, 0.29) is 12.1 Å². The Hall–Kier alpha value is -2.53. The van der Waals surface area contributed by atoms with Gasteiger partial charge in [0.2, 0.25) is 0 Å². The van der Waals surface area contributed by atoms with Crippen LogP contribution in [0.4, 0.5) is 10.5 Å². The highest BCUT2D eigenvalue weighted by atomic mass is 16.6. The molecule has 0 spiro atoms. The van der Waals surface area contributed by atoms with Gasteiger partial charge in [0.15, 0.2) is 0 Å². The monoisotopic (exact) mass is 339 g/mol. The van der Waals surface area contributed by atoms with Gasteiger partial charge in [0.25, 0.3) is 0 Å². The van der Waals surface area contributed by atoms with E-state index >= 15 is 0 Å². The summed E-state index contributed by atoms with van der Waals surface area (Å²) in [6.07, 6.45) is -0.243. The number of nitrogens with zero attached hydrogens (tertiary/aromatic N) is 2. The van der Waals surface area contributed by atoms with Crippen molar-refractivity contribution in [1.82, 2.24) is 4.90 Å². The summed E-state index contributed by atoms with van der Waals surface area (Å²) >= 11 is 0. The number of rotatable bonds is 4. The molecule has 1 saturated heterocycles. The zero-order valence-corrected chi connectivity index (χ0v) is 14.6. The van der Waals surface area contributed by atoms with Gasteiger partial charge in [0.1, 0.15) is 6.61 Å². The van der Waals surface area contributed by atoms with E-state index in [0.717, 1.165) is 29.9 Å². The van der Waals surface area contributed by atoms with Gasteiger partial charge in [-0.2, -0.15) is 0 Å². The minimum absolute atomic E-state index is 0.0224. The second-order valence-corrected chi connectivity index (χ2v) is 6.40. The van der Waals surface area contributed by atoms with Crippen LogP contribution in [-0.4, -0.2) is 37.2 Å². The Morgan fingerprint density at radius 2 is 1.80 bits per heavy atom. The van der Waals surface area contributed by atoms with Crippen LogP contribution in [0.5, 0.6) is 0 Å². The molecule has 0 radical (unpaired) electrons. The lowest BCUT2D eigenvalue weighted by Gasteiger charge is -2.35. The number of nitrogens with two attached hydrogens (primary N) is 1. The highest BCUT2D eigenvalue weighted by Gasteiger charge is 2.22. The predicted molar refractivity (Wildman–Crippen MR) is 99.5 cm³/mol. The molecule has 2 aromatic rings. The van der Waals surface area contributed by atoms with Crippen molar-refractivity contribution in [3.63, 3.8) is 0 Å². The molecule has 1 fully saturated rings. The largest absolute Gasteiger partial charge is 0.445 e. The number of amides is 1. The first kappa shape index (κ1) is 17.3. The lowest BCUT2D eigenvalue weighted by Crippen LogP contribution is -2.49. The molecular weight excluding hydrogens is 314 g/mol. The maximum absolute atomic E-state index is 12.2. The summed E-state index contributed by atoms with van der Waals surface area (Å²) in [5.41, 5.74) is 9.26. The molecule has 0 bridgehead atoms. The fourth-order valence-corrected chi connectivity index (χ4v) is 2.96. The average molecular weight is 339 g/mol. The van der Waals surface area contributed by atoms with Crippen LogP contribution in [0.1, 0.15) is 24.1 Å². The number of hydrogen-bond donors (Lipinski definition) is 1. The van der Waals surface area contributed by atoms with Gasteiger partial charge in [-0.05, 0) is 30.2 Å². The van der Waals surface area contributed by atoms with E-state index in [4.69, 9.17) is 10.5 Å². The molecule has 2 aromatic carbocycles. The second kappa shape index (κ2) is 8.03. The van der Waals surface area contributed by atoms with Gasteiger partial charge in [0.05, 0.1) is 0 Å². The summed E-state index contributed by atoms with van der Waals surface area (Å²) in [7, 11) is 0. The number of hydrogen-bond acceptors (Lipinski definition) is 4. The van der Waals surface area contributed by atoms with Crippen LogP contribution < -0.4 is 10.6 Å². The molecule has 1 aliphatic rings. The molecule has 1 heterocycles. The van der Waals surface area contributed by atoms with Crippen LogP contribution in [0.2, 0.25) is 0 Å². The summed E-state index contributed by atoms with van der Waals surface area (Å²) < 4.78 is 5.41. The third kappa shape index (κ3) is 4.51. The molecule has 1 amide bonds. The van der Waals surface area contributed by atoms with E-state index in [9.17, 15) is 4.79 Å². The molecule has 132 valence electrons. The van der Waals surface area contributed by atoms with Gasteiger partial charge in [-0.3, -0.25) is 0 Å². The van der Waals surface area contributed by atoms with E-state index in [1.807, 2.05) is 49.4 Å². The van der Waals surface area contributed by atoms with Crippen LogP contribution in [-0.2, 0) is 11.3 Å². The Morgan fingerprint density at radius 1 is 1.08 bits per heavy atom. The minimum atomic E-state index is -0.243. The topological polar surface area (TPSA) is 58.8 Å². The first-order valence-electron chi connectivity index (χ1n) is 8.69. The molecule has 0 unspecified atom stereocenters. The third-order valence-electron chi connectivity index (χ3n) is 4.50. The molecule has 3 rings (SSSR count). The third-order valence-corrected chi connectivity index (χ3v) is 4.50. The molecule has 1 atom stereocenters. The molecule has 5 heteroatoms. The van der Waals surface area contributed by atoms with Gasteiger partial charge < -0.3 is 20.3 Å². The first-order chi connectivity index (χ1) is 12.1. The Labute approximate surface area is 149 Å². The van der Waals surface area contributed by atoms with Crippen molar-refractivity contribution < 1.29 is 9.53 Å². The number of benzene rings is 2. The van der Waals surface area contributed by atoms with Crippen molar-refractivity contribution in [2.75, 3.05) is 31.1 Å². The highest BCUT2D eigenvalue weighted by molar-refractivity contribution is 5.68. The summed E-state index contributed by atoms with van der Waals surface area (Å²) in [6, 6.07) is 18.1. The minimum Gasteiger partial charge on any atom is -0.445 e. The van der Waals surface area contributed by atoms with E-state index in [1.54, 1.807) is 4.90 Å². The highest BCUT2D eigenvalue weighted by Crippen LogP contribution is 2.21. The molecule has 5 nitrogen and oxygen atoms in total. The lowest BCUT2D eigenvalue weighted by atomic mass is 10.1. The summed E-state index contributed by atoms with van der Waals surface area (Å²) in [5, 5.41) is 0. The number of piperazine rings is 1. The lowest BCUT2D eigenvalue weighted by molar-refractivity contribution is 0.0942. The van der Waals surface area contributed by atoms with Crippen LogP contribution in [0.25, 0.3) is 0 Å². The van der Waals surface area contributed by atoms with Gasteiger partial charge >= 0.3 is 6.09 Å². The molecule has 1 aliphatic heterocycles. The molecule has 0 aromatic heterocycles. The van der Waals surface area contributed by atoms with E-state index in [1.165, 1.54) is 0 Å². The van der Waals surface area contributed by atoms with Crippen molar-refractivity contribution in [3.05, 3.63) is 65.7 Å². The molecule has 2 N–H and O–H groups in total.